The number of hydrogen-bond acceptors (Lipinski definition) is 4. The van der Waals surface area contributed by atoms with Crippen LogP contribution in [0.1, 0.15) is 21.1 Å². The van der Waals surface area contributed by atoms with Crippen molar-refractivity contribution in [3.8, 4) is 0 Å². The average molecular weight is 309 g/mol. The lowest BCUT2D eigenvalue weighted by atomic mass is 10.2. The van der Waals surface area contributed by atoms with Gasteiger partial charge in [0.05, 0.1) is 6.54 Å². The molecule has 0 bridgehead atoms. The maximum atomic E-state index is 12.9. The molecule has 6 nitrogen and oxygen atoms in total. The molecule has 1 heterocycles. The summed E-state index contributed by atoms with van der Waals surface area (Å²) in [7, 11) is 0. The number of urea groups is 1. The van der Waals surface area contributed by atoms with E-state index in [4.69, 9.17) is 5.11 Å². The van der Waals surface area contributed by atoms with Gasteiger partial charge in [-0.1, -0.05) is 0 Å². The van der Waals surface area contributed by atoms with Crippen LogP contribution in [0.4, 0.5) is 14.9 Å². The molecule has 0 saturated heterocycles. The number of aryl methyl sites for hydroxylation is 1. The number of thiazole rings is 1. The van der Waals surface area contributed by atoms with Crippen LogP contribution in [0.25, 0.3) is 0 Å². The first-order valence-electron chi connectivity index (χ1n) is 5.94. The molecule has 8 heteroatoms. The smallest absolute Gasteiger partial charge is 0.355 e. The first-order valence-corrected chi connectivity index (χ1v) is 6.82. The van der Waals surface area contributed by atoms with Crippen molar-refractivity contribution in [2.45, 2.75) is 13.5 Å². The molecule has 0 unspecified atom stereocenters. The first kappa shape index (κ1) is 14.9. The fourth-order valence-electron chi connectivity index (χ4n) is 1.58. The molecule has 0 fully saturated rings. The topological polar surface area (TPSA) is 91.3 Å². The van der Waals surface area contributed by atoms with Crippen molar-refractivity contribution >= 4 is 29.0 Å². The minimum absolute atomic E-state index is 0.0495. The van der Waals surface area contributed by atoms with Gasteiger partial charge in [-0.15, -0.1) is 11.3 Å². The summed E-state index contributed by atoms with van der Waals surface area (Å²) in [5.74, 6) is -1.48. The molecule has 0 spiro atoms. The standard InChI is InChI=1S/C13H12FN3O3S/c1-7-4-8(14)2-3-9(7)17-13(20)15-5-11-16-10(6-21-11)12(18)19/h2-4,6H,5H2,1H3,(H,18,19)(H2,15,17,20). The Hall–Kier alpha value is -2.48. The highest BCUT2D eigenvalue weighted by molar-refractivity contribution is 7.09. The number of carboxylic acid groups (broad SMARTS) is 1. The minimum Gasteiger partial charge on any atom is -0.476 e. The molecule has 0 aliphatic carbocycles. The molecule has 0 aliphatic heterocycles. The lowest BCUT2D eigenvalue weighted by Crippen LogP contribution is -2.28. The normalized spacial score (nSPS) is 10.2. The lowest BCUT2D eigenvalue weighted by molar-refractivity contribution is 0.0691. The Kier molecular flexibility index (Phi) is 4.49. The molecule has 110 valence electrons. The van der Waals surface area contributed by atoms with Gasteiger partial charge in [-0.25, -0.2) is 19.0 Å². The quantitative estimate of drug-likeness (QED) is 0.809. The largest absolute Gasteiger partial charge is 0.476 e. The Morgan fingerprint density at radius 2 is 2.19 bits per heavy atom. The van der Waals surface area contributed by atoms with Crippen molar-refractivity contribution in [1.82, 2.24) is 10.3 Å². The van der Waals surface area contributed by atoms with Crippen molar-refractivity contribution in [2.75, 3.05) is 5.32 Å². The van der Waals surface area contributed by atoms with Gasteiger partial charge < -0.3 is 15.7 Å². The van der Waals surface area contributed by atoms with Gasteiger partial charge in [-0.05, 0) is 30.7 Å². The van der Waals surface area contributed by atoms with Crippen LogP contribution >= 0.6 is 11.3 Å². The highest BCUT2D eigenvalue weighted by Gasteiger charge is 2.10. The number of carboxylic acids is 1. The number of amides is 2. The lowest BCUT2D eigenvalue weighted by Gasteiger charge is -2.09. The van der Waals surface area contributed by atoms with Gasteiger partial charge in [0.15, 0.2) is 5.69 Å². The van der Waals surface area contributed by atoms with E-state index in [2.05, 4.69) is 15.6 Å². The highest BCUT2D eigenvalue weighted by Crippen LogP contribution is 2.15. The number of anilines is 1. The van der Waals surface area contributed by atoms with Crippen LogP contribution in [0.3, 0.4) is 0 Å². The van der Waals surface area contributed by atoms with E-state index >= 15 is 0 Å². The van der Waals surface area contributed by atoms with Gasteiger partial charge in [0.2, 0.25) is 0 Å². The number of nitrogens with zero attached hydrogens (tertiary/aromatic N) is 1. The summed E-state index contributed by atoms with van der Waals surface area (Å²) in [4.78, 5) is 26.2. The molecular formula is C13H12FN3O3S. The Morgan fingerprint density at radius 1 is 1.43 bits per heavy atom. The van der Waals surface area contributed by atoms with Gasteiger partial charge in [-0.2, -0.15) is 0 Å². The zero-order valence-corrected chi connectivity index (χ0v) is 11.8. The van der Waals surface area contributed by atoms with E-state index in [9.17, 15) is 14.0 Å². The van der Waals surface area contributed by atoms with Crippen molar-refractivity contribution in [3.05, 3.63) is 45.7 Å². The molecule has 3 N–H and O–H groups in total. The summed E-state index contributed by atoms with van der Waals surface area (Å²) in [5.41, 5.74) is 1.05. The second-order valence-corrected chi connectivity index (χ2v) is 5.14. The van der Waals surface area contributed by atoms with Crippen LogP contribution in [0, 0.1) is 12.7 Å². The van der Waals surface area contributed by atoms with Crippen LogP contribution < -0.4 is 10.6 Å². The minimum atomic E-state index is -1.11. The van der Waals surface area contributed by atoms with E-state index < -0.39 is 12.0 Å². The van der Waals surface area contributed by atoms with Crippen molar-refractivity contribution in [1.29, 1.82) is 0 Å². The van der Waals surface area contributed by atoms with Crippen molar-refractivity contribution < 1.29 is 19.1 Å². The maximum absolute atomic E-state index is 12.9. The van der Waals surface area contributed by atoms with Crippen LogP contribution in [-0.2, 0) is 6.54 Å². The second-order valence-electron chi connectivity index (χ2n) is 4.20. The van der Waals surface area contributed by atoms with Gasteiger partial charge in [-0.3, -0.25) is 0 Å². The molecule has 2 rings (SSSR count). The predicted octanol–water partition coefficient (Wildman–Crippen LogP) is 2.61. The first-order chi connectivity index (χ1) is 9.95. The third-order valence-corrected chi connectivity index (χ3v) is 3.46. The van der Waals surface area contributed by atoms with Crippen LogP contribution in [0.2, 0.25) is 0 Å². The number of carbonyl (C=O) groups is 2. The van der Waals surface area contributed by atoms with E-state index in [0.29, 0.717) is 16.3 Å². The van der Waals surface area contributed by atoms with Crippen LogP contribution in [0.5, 0.6) is 0 Å². The average Bonchev–Trinajstić information content (AvgIpc) is 2.89. The van der Waals surface area contributed by atoms with E-state index in [0.717, 1.165) is 11.3 Å². The number of aromatic carboxylic acids is 1. The molecule has 2 aromatic rings. The summed E-state index contributed by atoms with van der Waals surface area (Å²) >= 11 is 1.15. The third kappa shape index (κ3) is 3.99. The summed E-state index contributed by atoms with van der Waals surface area (Å²) in [6.45, 7) is 1.79. The zero-order chi connectivity index (χ0) is 15.4. The monoisotopic (exact) mass is 309 g/mol. The number of nitrogens with one attached hydrogen (secondary N) is 2. The predicted molar refractivity (Wildman–Crippen MR) is 76.1 cm³/mol. The molecule has 0 saturated carbocycles. The number of halogens is 1. The summed E-state index contributed by atoms with van der Waals surface area (Å²) in [6, 6.07) is 3.56. The number of benzene rings is 1. The van der Waals surface area contributed by atoms with Gasteiger partial charge in [0.25, 0.3) is 0 Å². The molecule has 21 heavy (non-hydrogen) atoms. The van der Waals surface area contributed by atoms with Gasteiger partial charge >= 0.3 is 12.0 Å². The van der Waals surface area contributed by atoms with Crippen LogP contribution in [0.15, 0.2) is 23.6 Å². The maximum Gasteiger partial charge on any atom is 0.355 e. The fraction of sp³-hybridized carbons (Fsp3) is 0.154. The Balaban J connectivity index is 1.91. The Morgan fingerprint density at radius 3 is 2.81 bits per heavy atom. The molecule has 1 aromatic heterocycles. The molecule has 0 atom stereocenters. The Labute approximate surface area is 123 Å². The van der Waals surface area contributed by atoms with Crippen LogP contribution in [-0.4, -0.2) is 22.1 Å². The highest BCUT2D eigenvalue weighted by atomic mass is 32.1. The van der Waals surface area contributed by atoms with Gasteiger partial charge in [0, 0.05) is 11.1 Å². The molecule has 1 aromatic carbocycles. The number of aromatic nitrogens is 1. The van der Waals surface area contributed by atoms with E-state index in [1.807, 2.05) is 0 Å². The zero-order valence-electron chi connectivity index (χ0n) is 11.0. The van der Waals surface area contributed by atoms with Crippen molar-refractivity contribution in [3.63, 3.8) is 0 Å². The van der Waals surface area contributed by atoms with E-state index in [1.54, 1.807) is 6.92 Å². The summed E-state index contributed by atoms with van der Waals surface area (Å²) in [6.07, 6.45) is 0. The summed E-state index contributed by atoms with van der Waals surface area (Å²) in [5, 5.41) is 15.8. The van der Waals surface area contributed by atoms with E-state index in [-0.39, 0.29) is 18.1 Å². The molecule has 2 amide bonds. The molecule has 0 radical (unpaired) electrons. The number of rotatable bonds is 4. The summed E-state index contributed by atoms with van der Waals surface area (Å²) < 4.78 is 12.9. The molecule has 0 aliphatic rings. The third-order valence-electron chi connectivity index (χ3n) is 2.61. The van der Waals surface area contributed by atoms with E-state index in [1.165, 1.54) is 23.6 Å². The molecular weight excluding hydrogens is 297 g/mol. The number of carbonyl (C=O) groups excluding carboxylic acids is 1. The fourth-order valence-corrected chi connectivity index (χ4v) is 2.29. The Bertz CT molecular complexity index is 687. The van der Waals surface area contributed by atoms with Gasteiger partial charge in [0.1, 0.15) is 10.8 Å². The second kappa shape index (κ2) is 6.31. The SMILES string of the molecule is Cc1cc(F)ccc1NC(=O)NCc1nc(C(=O)O)cs1. The number of hydrogen-bond donors (Lipinski definition) is 3. The van der Waals surface area contributed by atoms with Crippen molar-refractivity contribution in [2.24, 2.45) is 0 Å².